The van der Waals surface area contributed by atoms with Crippen LogP contribution in [0.4, 0.5) is 4.39 Å². The van der Waals surface area contributed by atoms with E-state index in [9.17, 15) is 9.18 Å². The number of Topliss-reactive ketones (excluding diaryl/α,β-unsaturated/α-hetero) is 1. The van der Waals surface area contributed by atoms with E-state index < -0.39 is 5.82 Å². The van der Waals surface area contributed by atoms with Crippen molar-refractivity contribution in [1.82, 2.24) is 0 Å². The van der Waals surface area contributed by atoms with Gasteiger partial charge in [0.05, 0.1) is 5.02 Å². The first kappa shape index (κ1) is 11.5. The number of thioether (sulfide) groups is 1. The minimum Gasteiger partial charge on any atom is -0.294 e. The van der Waals surface area contributed by atoms with Crippen LogP contribution in [0.5, 0.6) is 0 Å². The van der Waals surface area contributed by atoms with Crippen LogP contribution < -0.4 is 0 Å². The van der Waals surface area contributed by atoms with Crippen LogP contribution in [0.1, 0.15) is 16.8 Å². The Labute approximate surface area is 91.6 Å². The van der Waals surface area contributed by atoms with E-state index in [1.54, 1.807) is 17.8 Å². The number of hydrogen-bond acceptors (Lipinski definition) is 2. The van der Waals surface area contributed by atoms with Gasteiger partial charge >= 0.3 is 0 Å². The van der Waals surface area contributed by atoms with Gasteiger partial charge in [0, 0.05) is 17.7 Å². The summed E-state index contributed by atoms with van der Waals surface area (Å²) in [5.41, 5.74) is 0.278. The fraction of sp³-hybridized carbons (Fsp3) is 0.300. The number of carbonyl (C=O) groups is 1. The topological polar surface area (TPSA) is 17.1 Å². The number of carbonyl (C=O) groups excluding carboxylic acids is 1. The van der Waals surface area contributed by atoms with Gasteiger partial charge in [-0.3, -0.25) is 4.79 Å². The maximum Gasteiger partial charge on any atom is 0.165 e. The Morgan fingerprint density at radius 3 is 2.93 bits per heavy atom. The van der Waals surface area contributed by atoms with Gasteiger partial charge in [0.1, 0.15) is 5.82 Å². The second kappa shape index (κ2) is 5.37. The monoisotopic (exact) mass is 232 g/mol. The molecule has 0 aliphatic rings. The van der Waals surface area contributed by atoms with Crippen molar-refractivity contribution in [3.8, 4) is 0 Å². The Morgan fingerprint density at radius 2 is 2.29 bits per heavy atom. The molecule has 0 heterocycles. The average molecular weight is 233 g/mol. The zero-order valence-corrected chi connectivity index (χ0v) is 9.29. The van der Waals surface area contributed by atoms with E-state index in [-0.39, 0.29) is 16.4 Å². The molecule has 0 atom stereocenters. The van der Waals surface area contributed by atoms with Crippen molar-refractivity contribution in [2.75, 3.05) is 12.0 Å². The first-order valence-corrected chi connectivity index (χ1v) is 5.90. The fourth-order valence-electron chi connectivity index (χ4n) is 1.05. The van der Waals surface area contributed by atoms with Gasteiger partial charge in [-0.05, 0) is 18.4 Å². The highest BCUT2D eigenvalue weighted by atomic mass is 35.5. The van der Waals surface area contributed by atoms with Crippen molar-refractivity contribution in [3.63, 3.8) is 0 Å². The van der Waals surface area contributed by atoms with Crippen LogP contribution >= 0.6 is 23.4 Å². The largest absolute Gasteiger partial charge is 0.294 e. The van der Waals surface area contributed by atoms with Crippen LogP contribution in [0.3, 0.4) is 0 Å². The molecule has 1 nitrogen and oxygen atoms in total. The Balaban J connectivity index is 2.84. The summed E-state index contributed by atoms with van der Waals surface area (Å²) >= 11 is 7.24. The third kappa shape index (κ3) is 2.72. The molecule has 1 aromatic carbocycles. The molecular weight excluding hydrogens is 223 g/mol. The zero-order chi connectivity index (χ0) is 10.6. The molecule has 1 rings (SSSR count). The van der Waals surface area contributed by atoms with E-state index in [1.807, 2.05) is 6.26 Å². The molecule has 0 aliphatic carbocycles. The van der Waals surface area contributed by atoms with Crippen molar-refractivity contribution >= 4 is 29.1 Å². The lowest BCUT2D eigenvalue weighted by molar-refractivity contribution is 0.0989. The molecule has 1 aromatic rings. The number of ketones is 1. The first-order chi connectivity index (χ1) is 6.66. The van der Waals surface area contributed by atoms with E-state index in [4.69, 9.17) is 11.6 Å². The van der Waals surface area contributed by atoms with Gasteiger partial charge in [0.15, 0.2) is 5.78 Å². The molecule has 0 bridgehead atoms. The molecule has 0 unspecified atom stereocenters. The molecule has 0 aromatic heterocycles. The van der Waals surface area contributed by atoms with Crippen LogP contribution in [0, 0.1) is 5.82 Å². The highest BCUT2D eigenvalue weighted by molar-refractivity contribution is 7.98. The van der Waals surface area contributed by atoms with Crippen molar-refractivity contribution in [3.05, 3.63) is 34.6 Å². The standard InChI is InChI=1S/C10H10ClFOS/c1-14-6-5-9(13)7-3-2-4-8(12)10(7)11/h2-4H,5-6H2,1H3. The lowest BCUT2D eigenvalue weighted by Crippen LogP contribution is -2.02. The van der Waals surface area contributed by atoms with E-state index in [0.29, 0.717) is 6.42 Å². The summed E-state index contributed by atoms with van der Waals surface area (Å²) < 4.78 is 13.0. The highest BCUT2D eigenvalue weighted by Crippen LogP contribution is 2.21. The average Bonchev–Trinajstić information content (AvgIpc) is 2.18. The Morgan fingerprint density at radius 1 is 1.57 bits per heavy atom. The maximum atomic E-state index is 13.0. The van der Waals surface area contributed by atoms with Crippen molar-refractivity contribution in [1.29, 1.82) is 0 Å². The highest BCUT2D eigenvalue weighted by Gasteiger charge is 2.12. The summed E-state index contributed by atoms with van der Waals surface area (Å²) in [6.45, 7) is 0. The van der Waals surface area contributed by atoms with Crippen LogP contribution in [-0.2, 0) is 0 Å². The van der Waals surface area contributed by atoms with Gasteiger partial charge < -0.3 is 0 Å². The number of hydrogen-bond donors (Lipinski definition) is 0. The van der Waals surface area contributed by atoms with Crippen LogP contribution in [-0.4, -0.2) is 17.8 Å². The molecule has 0 amide bonds. The summed E-state index contributed by atoms with van der Waals surface area (Å²) in [6.07, 6.45) is 2.31. The van der Waals surface area contributed by atoms with E-state index in [0.717, 1.165) is 5.75 Å². The summed E-state index contributed by atoms with van der Waals surface area (Å²) in [7, 11) is 0. The number of rotatable bonds is 4. The summed E-state index contributed by atoms with van der Waals surface area (Å²) in [5.74, 6) is 0.0802. The van der Waals surface area contributed by atoms with E-state index >= 15 is 0 Å². The molecule has 0 saturated carbocycles. The normalized spacial score (nSPS) is 10.2. The van der Waals surface area contributed by atoms with Gasteiger partial charge in [-0.25, -0.2) is 4.39 Å². The summed E-state index contributed by atoms with van der Waals surface area (Å²) in [5, 5.41) is -0.0707. The lowest BCUT2D eigenvalue weighted by Gasteiger charge is -2.02. The van der Waals surface area contributed by atoms with Crippen molar-refractivity contribution in [2.45, 2.75) is 6.42 Å². The molecule has 0 spiro atoms. The second-order valence-electron chi connectivity index (χ2n) is 2.77. The van der Waals surface area contributed by atoms with Gasteiger partial charge in [0.25, 0.3) is 0 Å². The van der Waals surface area contributed by atoms with Gasteiger partial charge in [0.2, 0.25) is 0 Å². The first-order valence-electron chi connectivity index (χ1n) is 4.13. The third-order valence-electron chi connectivity index (χ3n) is 1.79. The number of benzene rings is 1. The second-order valence-corrected chi connectivity index (χ2v) is 4.13. The van der Waals surface area contributed by atoms with Crippen molar-refractivity contribution < 1.29 is 9.18 Å². The molecule has 0 aliphatic heterocycles. The SMILES string of the molecule is CSCCC(=O)c1cccc(F)c1Cl. The minimum absolute atomic E-state index is 0.0707. The predicted molar refractivity (Wildman–Crippen MR) is 58.7 cm³/mol. The molecule has 76 valence electrons. The Bertz CT molecular complexity index is 341. The van der Waals surface area contributed by atoms with Crippen LogP contribution in [0.15, 0.2) is 18.2 Å². The Hall–Kier alpha value is -0.540. The Kier molecular flexibility index (Phi) is 4.42. The van der Waals surface area contributed by atoms with Crippen LogP contribution in [0.2, 0.25) is 5.02 Å². The summed E-state index contributed by atoms with van der Waals surface area (Å²) in [4.78, 5) is 11.5. The predicted octanol–water partition coefficient (Wildman–Crippen LogP) is 3.41. The third-order valence-corrected chi connectivity index (χ3v) is 2.78. The van der Waals surface area contributed by atoms with E-state index in [1.165, 1.54) is 12.1 Å². The molecule has 0 radical (unpaired) electrons. The maximum absolute atomic E-state index is 13.0. The molecule has 4 heteroatoms. The molecule has 0 N–H and O–H groups in total. The molecule has 0 saturated heterocycles. The molecule has 0 fully saturated rings. The molecular formula is C10H10ClFOS. The van der Waals surface area contributed by atoms with Crippen molar-refractivity contribution in [2.24, 2.45) is 0 Å². The zero-order valence-electron chi connectivity index (χ0n) is 7.72. The minimum atomic E-state index is -0.540. The van der Waals surface area contributed by atoms with Gasteiger partial charge in [-0.1, -0.05) is 17.7 Å². The lowest BCUT2D eigenvalue weighted by atomic mass is 10.1. The quantitative estimate of drug-likeness (QED) is 0.740. The molecule has 14 heavy (non-hydrogen) atoms. The van der Waals surface area contributed by atoms with Gasteiger partial charge in [-0.15, -0.1) is 0 Å². The fourth-order valence-corrected chi connectivity index (χ4v) is 1.67. The van der Waals surface area contributed by atoms with E-state index in [2.05, 4.69) is 0 Å². The number of halogens is 2. The van der Waals surface area contributed by atoms with Crippen LogP contribution in [0.25, 0.3) is 0 Å². The van der Waals surface area contributed by atoms with Gasteiger partial charge in [-0.2, -0.15) is 11.8 Å². The smallest absolute Gasteiger partial charge is 0.165 e. The summed E-state index contributed by atoms with van der Waals surface area (Å²) in [6, 6.07) is 4.29.